The predicted molar refractivity (Wildman–Crippen MR) is 78.9 cm³/mol. The van der Waals surface area contributed by atoms with Crippen molar-refractivity contribution in [3.63, 3.8) is 0 Å². The molecule has 5 heteroatoms. The highest BCUT2D eigenvalue weighted by Crippen LogP contribution is 2.21. The number of para-hydroxylation sites is 2. The molecular weight excluding hydrogens is 250 g/mol. The zero-order valence-electron chi connectivity index (χ0n) is 11.7. The topological polar surface area (TPSA) is 69.6 Å². The molecule has 0 fully saturated rings. The summed E-state index contributed by atoms with van der Waals surface area (Å²) in [6.07, 6.45) is 0.719. The molecule has 0 aliphatic carbocycles. The van der Waals surface area contributed by atoms with Crippen molar-refractivity contribution in [3.8, 4) is 5.82 Å². The summed E-state index contributed by atoms with van der Waals surface area (Å²) in [6, 6.07) is 10.0. The van der Waals surface area contributed by atoms with Gasteiger partial charge in [0, 0.05) is 18.2 Å². The largest absolute Gasteiger partial charge is 0.330 e. The summed E-state index contributed by atoms with van der Waals surface area (Å²) in [5.41, 5.74) is 8.66. The van der Waals surface area contributed by atoms with Crippen LogP contribution in [0.3, 0.4) is 0 Å². The Kier molecular flexibility index (Phi) is 3.20. The SMILES string of the molecule is Cc1cc(-n2c(CCN)nc3ccccc32)nc(C)n1. The highest BCUT2D eigenvalue weighted by Gasteiger charge is 2.13. The molecule has 2 heterocycles. The number of benzene rings is 1. The van der Waals surface area contributed by atoms with Crippen molar-refractivity contribution in [3.05, 3.63) is 47.7 Å². The lowest BCUT2D eigenvalue weighted by Crippen LogP contribution is -2.11. The van der Waals surface area contributed by atoms with E-state index >= 15 is 0 Å². The Labute approximate surface area is 117 Å². The van der Waals surface area contributed by atoms with Crippen molar-refractivity contribution in [2.75, 3.05) is 6.54 Å². The van der Waals surface area contributed by atoms with Gasteiger partial charge < -0.3 is 5.73 Å². The Bertz CT molecular complexity index is 740. The van der Waals surface area contributed by atoms with Crippen LogP contribution in [-0.2, 0) is 6.42 Å². The van der Waals surface area contributed by atoms with E-state index in [-0.39, 0.29) is 0 Å². The molecule has 3 rings (SSSR count). The molecule has 0 unspecified atom stereocenters. The molecule has 0 saturated carbocycles. The Morgan fingerprint density at radius 2 is 1.90 bits per heavy atom. The summed E-state index contributed by atoms with van der Waals surface area (Å²) >= 11 is 0. The lowest BCUT2D eigenvalue weighted by atomic mass is 10.3. The third-order valence-electron chi connectivity index (χ3n) is 3.18. The second-order valence-electron chi connectivity index (χ2n) is 4.81. The molecule has 0 radical (unpaired) electrons. The normalized spacial score (nSPS) is 11.2. The van der Waals surface area contributed by atoms with Gasteiger partial charge in [0.2, 0.25) is 0 Å². The minimum Gasteiger partial charge on any atom is -0.330 e. The Morgan fingerprint density at radius 3 is 2.65 bits per heavy atom. The number of nitrogens with two attached hydrogens (primary N) is 1. The van der Waals surface area contributed by atoms with Gasteiger partial charge >= 0.3 is 0 Å². The molecule has 5 nitrogen and oxygen atoms in total. The van der Waals surface area contributed by atoms with Crippen molar-refractivity contribution in [2.24, 2.45) is 5.73 Å². The minimum atomic E-state index is 0.562. The zero-order chi connectivity index (χ0) is 14.1. The van der Waals surface area contributed by atoms with Crippen molar-refractivity contribution in [1.29, 1.82) is 0 Å². The highest BCUT2D eigenvalue weighted by molar-refractivity contribution is 5.77. The second kappa shape index (κ2) is 5.02. The first-order valence-electron chi connectivity index (χ1n) is 6.68. The van der Waals surface area contributed by atoms with Crippen LogP contribution in [-0.4, -0.2) is 26.1 Å². The Hall–Kier alpha value is -2.27. The summed E-state index contributed by atoms with van der Waals surface area (Å²) in [4.78, 5) is 13.5. The molecule has 0 saturated heterocycles. The lowest BCUT2D eigenvalue weighted by molar-refractivity contribution is 0.823. The molecular formula is C15H17N5. The molecule has 20 heavy (non-hydrogen) atoms. The van der Waals surface area contributed by atoms with Crippen LogP contribution in [0.2, 0.25) is 0 Å². The average Bonchev–Trinajstić information content (AvgIpc) is 2.76. The Morgan fingerprint density at radius 1 is 1.10 bits per heavy atom. The molecule has 102 valence electrons. The van der Waals surface area contributed by atoms with E-state index in [2.05, 4.69) is 25.6 Å². The molecule has 0 bridgehead atoms. The molecule has 3 aromatic rings. The predicted octanol–water partition coefficient (Wildman–Crippen LogP) is 1.93. The van der Waals surface area contributed by atoms with Crippen LogP contribution in [0.1, 0.15) is 17.3 Å². The van der Waals surface area contributed by atoms with Gasteiger partial charge in [-0.3, -0.25) is 4.57 Å². The number of hydrogen-bond donors (Lipinski definition) is 1. The van der Waals surface area contributed by atoms with Crippen LogP contribution in [0.5, 0.6) is 0 Å². The van der Waals surface area contributed by atoms with E-state index in [0.717, 1.165) is 40.6 Å². The lowest BCUT2D eigenvalue weighted by Gasteiger charge is -2.09. The maximum absolute atomic E-state index is 5.70. The van der Waals surface area contributed by atoms with E-state index in [1.165, 1.54) is 0 Å². The standard InChI is InChI=1S/C15H17N5/c1-10-9-15(18-11(2)17-10)20-13-6-4-3-5-12(13)19-14(20)7-8-16/h3-6,9H,7-8,16H2,1-2H3. The van der Waals surface area contributed by atoms with Gasteiger partial charge in [-0.25, -0.2) is 15.0 Å². The number of hydrogen-bond acceptors (Lipinski definition) is 4. The van der Waals surface area contributed by atoms with Gasteiger partial charge in [-0.15, -0.1) is 0 Å². The summed E-state index contributed by atoms with van der Waals surface area (Å²) in [5.74, 6) is 2.55. The summed E-state index contributed by atoms with van der Waals surface area (Å²) in [7, 11) is 0. The van der Waals surface area contributed by atoms with Crippen LogP contribution < -0.4 is 5.73 Å². The van der Waals surface area contributed by atoms with Crippen LogP contribution >= 0.6 is 0 Å². The molecule has 0 aliphatic heterocycles. The first-order valence-corrected chi connectivity index (χ1v) is 6.68. The van der Waals surface area contributed by atoms with Crippen molar-refractivity contribution in [1.82, 2.24) is 19.5 Å². The number of aryl methyl sites for hydroxylation is 2. The van der Waals surface area contributed by atoms with E-state index in [1.807, 2.05) is 38.1 Å². The van der Waals surface area contributed by atoms with E-state index in [4.69, 9.17) is 5.73 Å². The van der Waals surface area contributed by atoms with E-state index in [1.54, 1.807) is 0 Å². The number of aromatic nitrogens is 4. The maximum atomic E-state index is 5.70. The quantitative estimate of drug-likeness (QED) is 0.787. The maximum Gasteiger partial charge on any atom is 0.142 e. The van der Waals surface area contributed by atoms with Gasteiger partial charge in [0.25, 0.3) is 0 Å². The summed E-state index contributed by atoms with van der Waals surface area (Å²) in [5, 5.41) is 0. The monoisotopic (exact) mass is 267 g/mol. The fourth-order valence-corrected chi connectivity index (χ4v) is 2.44. The molecule has 0 aliphatic rings. The molecule has 2 N–H and O–H groups in total. The van der Waals surface area contributed by atoms with Gasteiger partial charge in [0.05, 0.1) is 11.0 Å². The van der Waals surface area contributed by atoms with E-state index in [9.17, 15) is 0 Å². The first-order chi connectivity index (χ1) is 9.69. The zero-order valence-corrected chi connectivity index (χ0v) is 11.7. The second-order valence-corrected chi connectivity index (χ2v) is 4.81. The van der Waals surface area contributed by atoms with Crippen molar-refractivity contribution < 1.29 is 0 Å². The van der Waals surface area contributed by atoms with Gasteiger partial charge in [-0.05, 0) is 32.5 Å². The molecule has 0 spiro atoms. The summed E-state index contributed by atoms with van der Waals surface area (Å²) in [6.45, 7) is 4.44. The molecule has 2 aromatic heterocycles. The van der Waals surface area contributed by atoms with Crippen molar-refractivity contribution >= 4 is 11.0 Å². The van der Waals surface area contributed by atoms with Crippen LogP contribution in [0.4, 0.5) is 0 Å². The van der Waals surface area contributed by atoms with E-state index < -0.39 is 0 Å². The molecule has 1 aromatic carbocycles. The Balaban J connectivity index is 2.29. The van der Waals surface area contributed by atoms with Gasteiger partial charge in [0.15, 0.2) is 0 Å². The smallest absolute Gasteiger partial charge is 0.142 e. The van der Waals surface area contributed by atoms with Gasteiger partial charge in [-0.1, -0.05) is 12.1 Å². The fraction of sp³-hybridized carbons (Fsp3) is 0.267. The molecule has 0 amide bonds. The molecule has 0 atom stereocenters. The van der Waals surface area contributed by atoms with Crippen LogP contribution in [0, 0.1) is 13.8 Å². The third kappa shape index (κ3) is 2.16. The van der Waals surface area contributed by atoms with E-state index in [0.29, 0.717) is 6.54 Å². The van der Waals surface area contributed by atoms with Gasteiger partial charge in [0.1, 0.15) is 17.5 Å². The van der Waals surface area contributed by atoms with Gasteiger partial charge in [-0.2, -0.15) is 0 Å². The average molecular weight is 267 g/mol. The fourth-order valence-electron chi connectivity index (χ4n) is 2.44. The first kappa shape index (κ1) is 12.7. The van der Waals surface area contributed by atoms with Crippen LogP contribution in [0.15, 0.2) is 30.3 Å². The highest BCUT2D eigenvalue weighted by atomic mass is 15.2. The van der Waals surface area contributed by atoms with Crippen molar-refractivity contribution in [2.45, 2.75) is 20.3 Å². The number of nitrogens with zero attached hydrogens (tertiary/aromatic N) is 4. The minimum absolute atomic E-state index is 0.562. The number of rotatable bonds is 3. The summed E-state index contributed by atoms with van der Waals surface area (Å²) < 4.78 is 2.07. The number of fused-ring (bicyclic) bond motifs is 1. The van der Waals surface area contributed by atoms with Crippen LogP contribution in [0.25, 0.3) is 16.9 Å². The number of imidazole rings is 1. The third-order valence-corrected chi connectivity index (χ3v) is 3.18.